The summed E-state index contributed by atoms with van der Waals surface area (Å²) in [7, 11) is 0. The third-order valence-electron chi connectivity index (χ3n) is 5.89. The predicted octanol–water partition coefficient (Wildman–Crippen LogP) is 2.57. The standard InChI is InChI=1S/C14H22N4/c1-13(2)8-4-5-14(13,3)9(6-8)12-17-10(15)7-11(16)18-12/h7-9H,4-6H2,1-3H3,(H4,15,16,17,18)/t8?,9-,14-/m1/s1. The normalized spacial score (nSPS) is 37.1. The second-order valence-corrected chi connectivity index (χ2v) is 6.74. The Bertz CT molecular complexity index is 476. The van der Waals surface area contributed by atoms with Gasteiger partial charge in [0.2, 0.25) is 0 Å². The summed E-state index contributed by atoms with van der Waals surface area (Å²) in [4.78, 5) is 8.86. The third-order valence-corrected chi connectivity index (χ3v) is 5.89. The summed E-state index contributed by atoms with van der Waals surface area (Å²) in [5.74, 6) is 3.00. The molecule has 3 atom stereocenters. The van der Waals surface area contributed by atoms with Gasteiger partial charge in [-0.2, -0.15) is 0 Å². The zero-order valence-electron chi connectivity index (χ0n) is 11.4. The highest BCUT2D eigenvalue weighted by Gasteiger charge is 2.62. The SMILES string of the molecule is CC1(C)C2CC[C@]1(C)[C@@H](c1nc(N)cc(N)n1)C2. The Balaban J connectivity index is 2.05. The van der Waals surface area contributed by atoms with E-state index in [2.05, 4.69) is 30.7 Å². The number of fused-ring (bicyclic) bond motifs is 2. The fourth-order valence-corrected chi connectivity index (χ4v) is 4.26. The first-order valence-electron chi connectivity index (χ1n) is 6.74. The Morgan fingerprint density at radius 3 is 2.22 bits per heavy atom. The zero-order chi connectivity index (χ0) is 13.1. The lowest BCUT2D eigenvalue weighted by Gasteiger charge is -2.38. The number of anilines is 2. The monoisotopic (exact) mass is 246 g/mol. The Morgan fingerprint density at radius 1 is 1.17 bits per heavy atom. The van der Waals surface area contributed by atoms with Gasteiger partial charge in [-0.05, 0) is 36.0 Å². The van der Waals surface area contributed by atoms with E-state index in [1.54, 1.807) is 6.07 Å². The molecule has 1 aromatic rings. The highest BCUT2D eigenvalue weighted by atomic mass is 15.0. The van der Waals surface area contributed by atoms with Gasteiger partial charge < -0.3 is 11.5 Å². The van der Waals surface area contributed by atoms with E-state index in [0.717, 1.165) is 11.7 Å². The fraction of sp³-hybridized carbons (Fsp3) is 0.714. The van der Waals surface area contributed by atoms with Crippen molar-refractivity contribution in [2.45, 2.75) is 46.0 Å². The van der Waals surface area contributed by atoms with Crippen LogP contribution in [0, 0.1) is 16.7 Å². The molecule has 1 unspecified atom stereocenters. The van der Waals surface area contributed by atoms with Gasteiger partial charge in [0.15, 0.2) is 0 Å². The summed E-state index contributed by atoms with van der Waals surface area (Å²) in [6, 6.07) is 1.63. The first-order valence-corrected chi connectivity index (χ1v) is 6.74. The van der Waals surface area contributed by atoms with Crippen molar-refractivity contribution in [3.63, 3.8) is 0 Å². The molecule has 0 aliphatic heterocycles. The molecule has 0 saturated heterocycles. The van der Waals surface area contributed by atoms with Crippen LogP contribution in [-0.2, 0) is 0 Å². The molecule has 0 spiro atoms. The molecule has 3 rings (SSSR count). The van der Waals surface area contributed by atoms with E-state index in [1.165, 1.54) is 19.3 Å². The van der Waals surface area contributed by atoms with Gasteiger partial charge in [-0.25, -0.2) is 9.97 Å². The maximum Gasteiger partial charge on any atom is 0.136 e. The van der Waals surface area contributed by atoms with Gasteiger partial charge in [0.25, 0.3) is 0 Å². The second-order valence-electron chi connectivity index (χ2n) is 6.74. The highest BCUT2D eigenvalue weighted by molar-refractivity contribution is 5.42. The van der Waals surface area contributed by atoms with Crippen molar-refractivity contribution in [1.82, 2.24) is 9.97 Å². The number of hydrogen-bond donors (Lipinski definition) is 2. The molecule has 1 aromatic heterocycles. The molecule has 2 aliphatic carbocycles. The Hall–Kier alpha value is -1.32. The van der Waals surface area contributed by atoms with Crippen molar-refractivity contribution in [2.24, 2.45) is 16.7 Å². The lowest BCUT2D eigenvalue weighted by Crippen LogP contribution is -2.32. The van der Waals surface area contributed by atoms with Crippen molar-refractivity contribution < 1.29 is 0 Å². The van der Waals surface area contributed by atoms with E-state index in [4.69, 9.17) is 11.5 Å². The van der Waals surface area contributed by atoms with Crippen LogP contribution in [0.25, 0.3) is 0 Å². The van der Waals surface area contributed by atoms with E-state index in [1.807, 2.05) is 0 Å². The van der Waals surface area contributed by atoms with Crippen LogP contribution in [0.2, 0.25) is 0 Å². The molecule has 2 bridgehead atoms. The Kier molecular flexibility index (Phi) is 2.20. The van der Waals surface area contributed by atoms with E-state index in [9.17, 15) is 0 Å². The molecular weight excluding hydrogens is 224 g/mol. The molecule has 98 valence electrons. The highest BCUT2D eigenvalue weighted by Crippen LogP contribution is 2.70. The van der Waals surface area contributed by atoms with Gasteiger partial charge in [-0.15, -0.1) is 0 Å². The minimum absolute atomic E-state index is 0.276. The lowest BCUT2D eigenvalue weighted by molar-refractivity contribution is 0.132. The fourth-order valence-electron chi connectivity index (χ4n) is 4.26. The molecule has 4 heteroatoms. The van der Waals surface area contributed by atoms with Crippen molar-refractivity contribution in [3.8, 4) is 0 Å². The van der Waals surface area contributed by atoms with Crippen LogP contribution in [0.5, 0.6) is 0 Å². The van der Waals surface area contributed by atoms with Crippen LogP contribution in [0.4, 0.5) is 11.6 Å². The molecule has 4 N–H and O–H groups in total. The first kappa shape index (κ1) is 11.8. The second kappa shape index (κ2) is 3.37. The molecule has 0 aromatic carbocycles. The summed E-state index contributed by atoms with van der Waals surface area (Å²) in [6.45, 7) is 7.16. The summed E-state index contributed by atoms with van der Waals surface area (Å²) in [5.41, 5.74) is 12.2. The van der Waals surface area contributed by atoms with Gasteiger partial charge in [0.05, 0.1) is 0 Å². The summed E-state index contributed by atoms with van der Waals surface area (Å²) in [5, 5.41) is 0. The number of rotatable bonds is 1. The minimum Gasteiger partial charge on any atom is -0.384 e. The molecule has 4 nitrogen and oxygen atoms in total. The van der Waals surface area contributed by atoms with Crippen LogP contribution in [-0.4, -0.2) is 9.97 Å². The molecule has 1 heterocycles. The Morgan fingerprint density at radius 2 is 1.78 bits per heavy atom. The maximum atomic E-state index is 5.80. The molecule has 0 radical (unpaired) electrons. The average Bonchev–Trinajstić information content (AvgIpc) is 2.59. The largest absolute Gasteiger partial charge is 0.384 e. The number of nitrogens with two attached hydrogens (primary N) is 2. The Labute approximate surface area is 108 Å². The summed E-state index contributed by atoms with van der Waals surface area (Å²) >= 11 is 0. The number of nitrogens with zero attached hydrogens (tertiary/aromatic N) is 2. The quantitative estimate of drug-likeness (QED) is 0.798. The minimum atomic E-state index is 0.276. The smallest absolute Gasteiger partial charge is 0.136 e. The molecule has 2 fully saturated rings. The van der Waals surface area contributed by atoms with Crippen molar-refractivity contribution in [2.75, 3.05) is 11.5 Å². The van der Waals surface area contributed by atoms with Crippen LogP contribution < -0.4 is 11.5 Å². The molecule has 2 aliphatic rings. The lowest BCUT2D eigenvalue weighted by atomic mass is 9.66. The summed E-state index contributed by atoms with van der Waals surface area (Å²) in [6.07, 6.45) is 3.76. The van der Waals surface area contributed by atoms with E-state index >= 15 is 0 Å². The number of nitrogen functional groups attached to an aromatic ring is 2. The maximum absolute atomic E-state index is 5.80. The molecule has 2 saturated carbocycles. The van der Waals surface area contributed by atoms with Gasteiger partial charge in [0.1, 0.15) is 17.5 Å². The van der Waals surface area contributed by atoms with E-state index in [-0.39, 0.29) is 5.41 Å². The van der Waals surface area contributed by atoms with Crippen LogP contribution >= 0.6 is 0 Å². The third kappa shape index (κ3) is 1.32. The van der Waals surface area contributed by atoms with Crippen molar-refractivity contribution >= 4 is 11.6 Å². The van der Waals surface area contributed by atoms with Gasteiger partial charge >= 0.3 is 0 Å². The van der Waals surface area contributed by atoms with Gasteiger partial charge in [0, 0.05) is 12.0 Å². The summed E-state index contributed by atoms with van der Waals surface area (Å²) < 4.78 is 0. The van der Waals surface area contributed by atoms with Crippen molar-refractivity contribution in [1.29, 1.82) is 0 Å². The van der Waals surface area contributed by atoms with E-state index < -0.39 is 0 Å². The first-order chi connectivity index (χ1) is 8.34. The van der Waals surface area contributed by atoms with Gasteiger partial charge in [-0.3, -0.25) is 0 Å². The molecule has 18 heavy (non-hydrogen) atoms. The number of hydrogen-bond acceptors (Lipinski definition) is 4. The van der Waals surface area contributed by atoms with E-state index in [0.29, 0.717) is 23.0 Å². The molecular formula is C14H22N4. The van der Waals surface area contributed by atoms with Crippen molar-refractivity contribution in [3.05, 3.63) is 11.9 Å². The topological polar surface area (TPSA) is 77.8 Å². The predicted molar refractivity (Wildman–Crippen MR) is 72.8 cm³/mol. The number of aromatic nitrogens is 2. The zero-order valence-corrected chi connectivity index (χ0v) is 11.4. The van der Waals surface area contributed by atoms with Gasteiger partial charge in [-0.1, -0.05) is 20.8 Å². The molecule has 0 amide bonds. The van der Waals surface area contributed by atoms with Crippen LogP contribution in [0.1, 0.15) is 51.8 Å². The van der Waals surface area contributed by atoms with Crippen LogP contribution in [0.3, 0.4) is 0 Å². The van der Waals surface area contributed by atoms with Crippen LogP contribution in [0.15, 0.2) is 6.07 Å². The average molecular weight is 246 g/mol.